The molecule has 0 aliphatic carbocycles. The predicted octanol–water partition coefficient (Wildman–Crippen LogP) is 1.87. The molecule has 0 aliphatic heterocycles. The molecule has 18 heavy (non-hydrogen) atoms. The third-order valence-corrected chi connectivity index (χ3v) is 3.63. The molecule has 0 radical (unpaired) electrons. The molecule has 0 bridgehead atoms. The number of aliphatic hydroxyl groups is 1. The van der Waals surface area contributed by atoms with Gasteiger partial charge in [-0.1, -0.05) is 25.1 Å². The van der Waals surface area contributed by atoms with Gasteiger partial charge in [-0.3, -0.25) is 10.1 Å². The number of hydrogen-bond acceptors (Lipinski definition) is 4. The van der Waals surface area contributed by atoms with Crippen molar-refractivity contribution in [3.63, 3.8) is 0 Å². The number of rotatable bonds is 6. The zero-order chi connectivity index (χ0) is 13.8. The molecule has 1 aromatic rings. The van der Waals surface area contributed by atoms with Gasteiger partial charge in [0.1, 0.15) is 0 Å². The first-order chi connectivity index (χ1) is 8.40. The van der Waals surface area contributed by atoms with Gasteiger partial charge in [-0.15, -0.1) is 0 Å². The van der Waals surface area contributed by atoms with E-state index < -0.39 is 11.5 Å². The maximum Gasteiger partial charge on any atom is 0.272 e. The summed E-state index contributed by atoms with van der Waals surface area (Å²) in [5.74, 6) is 0. The molecule has 5 heteroatoms. The Morgan fingerprint density at radius 1 is 1.50 bits per heavy atom. The summed E-state index contributed by atoms with van der Waals surface area (Å²) < 4.78 is 0. The lowest BCUT2D eigenvalue weighted by Gasteiger charge is -2.31. The number of para-hydroxylation sites is 1. The van der Waals surface area contributed by atoms with Crippen molar-refractivity contribution in [3.8, 4) is 0 Å². The third-order valence-electron chi connectivity index (χ3n) is 3.63. The van der Waals surface area contributed by atoms with Crippen molar-refractivity contribution < 1.29 is 10.0 Å². The molecule has 1 aromatic carbocycles. The largest absolute Gasteiger partial charge is 0.393 e. The minimum atomic E-state index is -0.537. The Labute approximate surface area is 107 Å². The average molecular weight is 252 g/mol. The Balaban J connectivity index is 2.83. The molecule has 0 heterocycles. The lowest BCUT2D eigenvalue weighted by molar-refractivity contribution is -0.385. The molecule has 0 aromatic heterocycles. The van der Waals surface area contributed by atoms with E-state index in [0.717, 1.165) is 0 Å². The highest BCUT2D eigenvalue weighted by Crippen LogP contribution is 2.29. The maximum absolute atomic E-state index is 10.9. The number of nitro groups is 1. The summed E-state index contributed by atoms with van der Waals surface area (Å²) in [4.78, 5) is 10.5. The summed E-state index contributed by atoms with van der Waals surface area (Å²) in [5.41, 5.74) is 6.07. The third kappa shape index (κ3) is 3.27. The number of hydrogen-bond donors (Lipinski definition) is 2. The average Bonchev–Trinajstić information content (AvgIpc) is 2.35. The SMILES string of the molecule is CC(O)C(C)(CN)CCc1ccccc1[N+](=O)[O-]. The first-order valence-electron chi connectivity index (χ1n) is 6.01. The van der Waals surface area contributed by atoms with Crippen molar-refractivity contribution in [1.82, 2.24) is 0 Å². The van der Waals surface area contributed by atoms with Gasteiger partial charge in [-0.2, -0.15) is 0 Å². The van der Waals surface area contributed by atoms with E-state index in [-0.39, 0.29) is 10.6 Å². The van der Waals surface area contributed by atoms with Crippen LogP contribution < -0.4 is 5.73 Å². The smallest absolute Gasteiger partial charge is 0.272 e. The number of nitrogens with two attached hydrogens (primary N) is 1. The van der Waals surface area contributed by atoms with Crippen LogP contribution in [-0.4, -0.2) is 22.7 Å². The van der Waals surface area contributed by atoms with Crippen LogP contribution in [0.15, 0.2) is 24.3 Å². The summed E-state index contributed by atoms with van der Waals surface area (Å²) in [6, 6.07) is 6.68. The fourth-order valence-corrected chi connectivity index (χ4v) is 1.80. The monoisotopic (exact) mass is 252 g/mol. The first-order valence-corrected chi connectivity index (χ1v) is 6.01. The molecular weight excluding hydrogens is 232 g/mol. The fraction of sp³-hybridized carbons (Fsp3) is 0.538. The summed E-state index contributed by atoms with van der Waals surface area (Å²) in [5, 5.41) is 20.6. The van der Waals surface area contributed by atoms with Crippen LogP contribution in [0.2, 0.25) is 0 Å². The first kappa shape index (κ1) is 14.6. The van der Waals surface area contributed by atoms with Crippen molar-refractivity contribution in [2.24, 2.45) is 11.1 Å². The summed E-state index contributed by atoms with van der Waals surface area (Å²) in [7, 11) is 0. The van der Waals surface area contributed by atoms with Gasteiger partial charge in [0.2, 0.25) is 0 Å². The van der Waals surface area contributed by atoms with E-state index in [4.69, 9.17) is 5.73 Å². The second-order valence-electron chi connectivity index (χ2n) is 4.92. The van der Waals surface area contributed by atoms with Crippen molar-refractivity contribution in [1.29, 1.82) is 0 Å². The van der Waals surface area contributed by atoms with Crippen molar-refractivity contribution >= 4 is 5.69 Å². The van der Waals surface area contributed by atoms with Crippen LogP contribution in [0, 0.1) is 15.5 Å². The highest BCUT2D eigenvalue weighted by molar-refractivity contribution is 5.39. The van der Waals surface area contributed by atoms with Gasteiger partial charge in [-0.05, 0) is 19.8 Å². The minimum absolute atomic E-state index is 0.127. The van der Waals surface area contributed by atoms with Crippen LogP contribution in [0.3, 0.4) is 0 Å². The molecule has 2 unspecified atom stereocenters. The molecule has 1 rings (SSSR count). The highest BCUT2D eigenvalue weighted by Gasteiger charge is 2.29. The molecule has 100 valence electrons. The lowest BCUT2D eigenvalue weighted by Crippen LogP contribution is -2.37. The van der Waals surface area contributed by atoms with Crippen molar-refractivity contribution in [3.05, 3.63) is 39.9 Å². The Kier molecular flexibility index (Phi) is 4.81. The van der Waals surface area contributed by atoms with Gasteiger partial charge in [0.25, 0.3) is 5.69 Å². The Hall–Kier alpha value is -1.46. The van der Waals surface area contributed by atoms with Crippen LogP contribution in [0.25, 0.3) is 0 Å². The Morgan fingerprint density at radius 3 is 2.61 bits per heavy atom. The quantitative estimate of drug-likeness (QED) is 0.597. The van der Waals surface area contributed by atoms with Crippen molar-refractivity contribution in [2.75, 3.05) is 6.54 Å². The van der Waals surface area contributed by atoms with Crippen LogP contribution in [0.1, 0.15) is 25.8 Å². The molecule has 0 spiro atoms. The molecule has 0 aliphatic rings. The van der Waals surface area contributed by atoms with Gasteiger partial charge in [0.15, 0.2) is 0 Å². The van der Waals surface area contributed by atoms with Gasteiger partial charge >= 0.3 is 0 Å². The highest BCUT2D eigenvalue weighted by atomic mass is 16.6. The van der Waals surface area contributed by atoms with Gasteiger partial charge in [0, 0.05) is 23.6 Å². The standard InChI is InChI=1S/C13H20N2O3/c1-10(16)13(2,9-14)8-7-11-5-3-4-6-12(11)15(17)18/h3-6,10,16H,7-9,14H2,1-2H3. The van der Waals surface area contributed by atoms with E-state index in [1.165, 1.54) is 6.07 Å². The van der Waals surface area contributed by atoms with E-state index in [1.54, 1.807) is 25.1 Å². The van der Waals surface area contributed by atoms with Crippen LogP contribution in [-0.2, 0) is 6.42 Å². The van der Waals surface area contributed by atoms with Gasteiger partial charge < -0.3 is 10.8 Å². The fourth-order valence-electron chi connectivity index (χ4n) is 1.80. The number of benzene rings is 1. The topological polar surface area (TPSA) is 89.4 Å². The second kappa shape index (κ2) is 5.93. The Bertz CT molecular complexity index is 420. The Morgan fingerprint density at radius 2 is 2.11 bits per heavy atom. The van der Waals surface area contributed by atoms with Crippen LogP contribution in [0.4, 0.5) is 5.69 Å². The van der Waals surface area contributed by atoms with Gasteiger partial charge in [0.05, 0.1) is 11.0 Å². The molecule has 0 fully saturated rings. The molecule has 0 saturated carbocycles. The summed E-state index contributed by atoms with van der Waals surface area (Å²) in [6.45, 7) is 3.95. The van der Waals surface area contributed by atoms with E-state index in [1.807, 2.05) is 6.92 Å². The summed E-state index contributed by atoms with van der Waals surface area (Å²) in [6.07, 6.45) is 0.618. The van der Waals surface area contributed by atoms with E-state index >= 15 is 0 Å². The molecular formula is C13H20N2O3. The maximum atomic E-state index is 10.9. The number of nitro benzene ring substituents is 1. The minimum Gasteiger partial charge on any atom is -0.393 e. The molecule has 2 atom stereocenters. The predicted molar refractivity (Wildman–Crippen MR) is 70.3 cm³/mol. The zero-order valence-corrected chi connectivity index (χ0v) is 10.8. The van der Waals surface area contributed by atoms with Crippen LogP contribution >= 0.6 is 0 Å². The summed E-state index contributed by atoms with van der Waals surface area (Å²) >= 11 is 0. The number of aryl methyl sites for hydroxylation is 1. The van der Waals surface area contributed by atoms with Crippen molar-refractivity contribution in [2.45, 2.75) is 32.8 Å². The lowest BCUT2D eigenvalue weighted by atomic mass is 9.79. The van der Waals surface area contributed by atoms with Crippen LogP contribution in [0.5, 0.6) is 0 Å². The molecule has 3 N–H and O–H groups in total. The van der Waals surface area contributed by atoms with E-state index in [2.05, 4.69) is 0 Å². The normalized spacial score (nSPS) is 16.0. The molecule has 5 nitrogen and oxygen atoms in total. The zero-order valence-electron chi connectivity index (χ0n) is 10.8. The van der Waals surface area contributed by atoms with E-state index in [0.29, 0.717) is 24.9 Å². The number of aliphatic hydroxyl groups excluding tert-OH is 1. The number of nitrogens with zero attached hydrogens (tertiary/aromatic N) is 1. The molecule has 0 saturated heterocycles. The van der Waals surface area contributed by atoms with E-state index in [9.17, 15) is 15.2 Å². The van der Waals surface area contributed by atoms with Gasteiger partial charge in [-0.25, -0.2) is 0 Å². The molecule has 0 amide bonds. The second-order valence-corrected chi connectivity index (χ2v) is 4.92.